The van der Waals surface area contributed by atoms with E-state index in [1.807, 2.05) is 6.92 Å². The highest BCUT2D eigenvalue weighted by molar-refractivity contribution is 9.10. The Kier molecular flexibility index (Phi) is 7.35. The van der Waals surface area contributed by atoms with Crippen molar-refractivity contribution in [2.24, 2.45) is 0 Å². The average Bonchev–Trinajstić information content (AvgIpc) is 3.02. The van der Waals surface area contributed by atoms with Crippen molar-refractivity contribution < 1.29 is 29.0 Å². The molecule has 0 radical (unpaired) electrons. The van der Waals surface area contributed by atoms with Crippen LogP contribution in [0.5, 0.6) is 11.5 Å². The number of hydrogen-bond acceptors (Lipinski definition) is 6. The fourth-order valence-corrected chi connectivity index (χ4v) is 4.18. The van der Waals surface area contributed by atoms with E-state index in [-0.39, 0.29) is 11.3 Å². The van der Waals surface area contributed by atoms with E-state index in [9.17, 15) is 19.5 Å². The molecule has 1 fully saturated rings. The van der Waals surface area contributed by atoms with Crippen LogP contribution < -0.4 is 9.47 Å². The number of carbonyl (C=O) groups is 3. The Morgan fingerprint density at radius 2 is 1.84 bits per heavy atom. The van der Waals surface area contributed by atoms with Gasteiger partial charge in [0.2, 0.25) is 0 Å². The van der Waals surface area contributed by atoms with Crippen LogP contribution in [-0.2, 0) is 14.4 Å². The van der Waals surface area contributed by atoms with Gasteiger partial charge in [-0.15, -0.1) is 0 Å². The third-order valence-electron chi connectivity index (χ3n) is 5.18. The first-order valence-electron chi connectivity index (χ1n) is 10.2. The van der Waals surface area contributed by atoms with Crippen molar-refractivity contribution in [3.05, 3.63) is 63.6 Å². The van der Waals surface area contributed by atoms with Crippen LogP contribution in [0.2, 0.25) is 0 Å². The van der Waals surface area contributed by atoms with E-state index < -0.39 is 23.7 Å². The predicted octanol–water partition coefficient (Wildman–Crippen LogP) is 4.60. The smallest absolute Gasteiger partial charge is 0.308 e. The topological polar surface area (TPSA) is 93.1 Å². The van der Waals surface area contributed by atoms with Crippen LogP contribution in [0.15, 0.2) is 52.5 Å². The zero-order chi connectivity index (χ0) is 23.4. The number of aliphatic hydroxyl groups is 1. The Hall–Kier alpha value is -3.13. The number of Topliss-reactive ketones (excluding diaryl/α,β-unsaturated/α-hetero) is 1. The summed E-state index contributed by atoms with van der Waals surface area (Å²) < 4.78 is 10.9. The third kappa shape index (κ3) is 4.70. The van der Waals surface area contributed by atoms with Crippen LogP contribution in [0.4, 0.5) is 0 Å². The summed E-state index contributed by atoms with van der Waals surface area (Å²) in [5.74, 6) is -1.17. The van der Waals surface area contributed by atoms with Gasteiger partial charge in [0.05, 0.1) is 23.2 Å². The number of benzene rings is 2. The van der Waals surface area contributed by atoms with Gasteiger partial charge < -0.3 is 19.5 Å². The van der Waals surface area contributed by atoms with Crippen LogP contribution >= 0.6 is 15.9 Å². The molecule has 1 amide bonds. The van der Waals surface area contributed by atoms with E-state index in [1.165, 1.54) is 18.9 Å². The number of amides is 1. The second-order valence-corrected chi connectivity index (χ2v) is 8.21. The Bertz CT molecular complexity index is 1080. The van der Waals surface area contributed by atoms with Gasteiger partial charge >= 0.3 is 5.97 Å². The van der Waals surface area contributed by atoms with Crippen LogP contribution in [-0.4, -0.2) is 41.3 Å². The van der Waals surface area contributed by atoms with E-state index in [0.29, 0.717) is 40.1 Å². The van der Waals surface area contributed by atoms with Gasteiger partial charge in [-0.2, -0.15) is 0 Å². The maximum absolute atomic E-state index is 13.0. The van der Waals surface area contributed by atoms with Crippen LogP contribution in [0.1, 0.15) is 43.9 Å². The van der Waals surface area contributed by atoms with Gasteiger partial charge in [0, 0.05) is 19.0 Å². The van der Waals surface area contributed by atoms with E-state index >= 15 is 0 Å². The number of likely N-dealkylation sites (tertiary alicyclic amines) is 1. The minimum atomic E-state index is -0.756. The molecule has 2 aromatic carbocycles. The summed E-state index contributed by atoms with van der Waals surface area (Å²) in [5, 5.41) is 11.1. The minimum Gasteiger partial charge on any atom is -0.507 e. The van der Waals surface area contributed by atoms with Crippen LogP contribution in [0, 0.1) is 0 Å². The second-order valence-electron chi connectivity index (χ2n) is 7.36. The number of methoxy groups -OCH3 is 1. The van der Waals surface area contributed by atoms with Crippen LogP contribution in [0.3, 0.4) is 0 Å². The van der Waals surface area contributed by atoms with Crippen molar-refractivity contribution in [3.8, 4) is 11.5 Å². The molecule has 0 bridgehead atoms. The van der Waals surface area contributed by atoms with Crippen molar-refractivity contribution in [1.82, 2.24) is 4.90 Å². The first kappa shape index (κ1) is 23.5. The molecule has 2 aromatic rings. The Balaban J connectivity index is 2.12. The highest BCUT2D eigenvalue weighted by Crippen LogP contribution is 2.40. The Morgan fingerprint density at radius 1 is 1.16 bits per heavy atom. The van der Waals surface area contributed by atoms with Gasteiger partial charge in [0.25, 0.3) is 11.7 Å². The standard InChI is InChI=1S/C24H24BrNO6/c1-4-5-12-26-21(15-6-9-17(10-7-15)32-14(2)27)20(23(29)24(26)30)22(28)16-8-11-19(31-3)18(25)13-16/h6-11,13,21,28H,4-5,12H2,1-3H3/b22-20-. The molecule has 8 heteroatoms. The number of esters is 1. The second kappa shape index (κ2) is 9.99. The van der Waals surface area contributed by atoms with Gasteiger partial charge in [-0.1, -0.05) is 25.5 Å². The number of hydrogen-bond donors (Lipinski definition) is 1. The van der Waals surface area contributed by atoms with Crippen molar-refractivity contribution >= 4 is 39.3 Å². The summed E-state index contributed by atoms with van der Waals surface area (Å²) in [6.07, 6.45) is 1.55. The van der Waals surface area contributed by atoms with Gasteiger partial charge in [-0.3, -0.25) is 14.4 Å². The lowest BCUT2D eigenvalue weighted by Gasteiger charge is -2.25. The molecule has 1 unspecified atom stereocenters. The van der Waals surface area contributed by atoms with Crippen molar-refractivity contribution in [3.63, 3.8) is 0 Å². The summed E-state index contributed by atoms with van der Waals surface area (Å²) in [5.41, 5.74) is 1.03. The highest BCUT2D eigenvalue weighted by atomic mass is 79.9. The molecule has 1 N–H and O–H groups in total. The fraction of sp³-hybridized carbons (Fsp3) is 0.292. The molecule has 0 saturated carbocycles. The van der Waals surface area contributed by atoms with Crippen LogP contribution in [0.25, 0.3) is 5.76 Å². The largest absolute Gasteiger partial charge is 0.507 e. The normalized spacial score (nSPS) is 17.5. The molecule has 3 rings (SSSR count). The first-order valence-corrected chi connectivity index (χ1v) is 11.0. The van der Waals surface area contributed by atoms with Gasteiger partial charge in [-0.05, 0) is 58.2 Å². The molecule has 0 aromatic heterocycles. The molecule has 1 saturated heterocycles. The highest BCUT2D eigenvalue weighted by Gasteiger charge is 2.45. The number of unbranched alkanes of at least 4 members (excludes halogenated alkanes) is 1. The molecular weight excluding hydrogens is 478 g/mol. The number of aliphatic hydroxyl groups excluding tert-OH is 1. The number of halogens is 1. The summed E-state index contributed by atoms with van der Waals surface area (Å²) >= 11 is 3.38. The molecule has 1 heterocycles. The predicted molar refractivity (Wildman–Crippen MR) is 122 cm³/mol. The molecule has 0 aliphatic carbocycles. The van der Waals surface area contributed by atoms with E-state index in [0.717, 1.165) is 6.42 Å². The Labute approximate surface area is 194 Å². The molecule has 32 heavy (non-hydrogen) atoms. The van der Waals surface area contributed by atoms with E-state index in [4.69, 9.17) is 9.47 Å². The fourth-order valence-electron chi connectivity index (χ4n) is 3.64. The number of carbonyl (C=O) groups excluding carboxylic acids is 3. The number of ketones is 1. The summed E-state index contributed by atoms with van der Waals surface area (Å²) in [7, 11) is 1.53. The molecule has 1 aliphatic heterocycles. The quantitative estimate of drug-likeness (QED) is 0.196. The molecular formula is C24H24BrNO6. The molecule has 7 nitrogen and oxygen atoms in total. The summed E-state index contributed by atoms with van der Waals surface area (Å²) in [6, 6.07) is 10.7. The monoisotopic (exact) mass is 501 g/mol. The summed E-state index contributed by atoms with van der Waals surface area (Å²) in [6.45, 7) is 3.68. The van der Waals surface area contributed by atoms with Crippen molar-refractivity contribution in [1.29, 1.82) is 0 Å². The lowest BCUT2D eigenvalue weighted by Crippen LogP contribution is -2.30. The van der Waals surface area contributed by atoms with Crippen molar-refractivity contribution in [2.45, 2.75) is 32.7 Å². The molecule has 168 valence electrons. The third-order valence-corrected chi connectivity index (χ3v) is 5.79. The molecule has 1 aliphatic rings. The number of nitrogens with zero attached hydrogens (tertiary/aromatic N) is 1. The summed E-state index contributed by atoms with van der Waals surface area (Å²) in [4.78, 5) is 38.5. The molecule has 0 spiro atoms. The van der Waals surface area contributed by atoms with E-state index in [2.05, 4.69) is 15.9 Å². The zero-order valence-electron chi connectivity index (χ0n) is 18.1. The van der Waals surface area contributed by atoms with Gasteiger partial charge in [0.15, 0.2) is 0 Å². The van der Waals surface area contributed by atoms with Crippen molar-refractivity contribution in [2.75, 3.05) is 13.7 Å². The maximum atomic E-state index is 13.0. The SMILES string of the molecule is CCCCN1C(=O)C(=O)/C(=C(\O)c2ccc(OC)c(Br)c2)C1c1ccc(OC(C)=O)cc1. The first-order chi connectivity index (χ1) is 15.3. The van der Waals surface area contributed by atoms with E-state index in [1.54, 1.807) is 42.5 Å². The number of ether oxygens (including phenoxy) is 2. The maximum Gasteiger partial charge on any atom is 0.308 e. The molecule has 1 atom stereocenters. The lowest BCUT2D eigenvalue weighted by molar-refractivity contribution is -0.139. The number of rotatable bonds is 7. The Morgan fingerprint density at radius 3 is 2.41 bits per heavy atom. The van der Waals surface area contributed by atoms with Gasteiger partial charge in [-0.25, -0.2) is 0 Å². The lowest BCUT2D eigenvalue weighted by atomic mass is 9.95. The average molecular weight is 502 g/mol. The zero-order valence-corrected chi connectivity index (χ0v) is 19.6. The van der Waals surface area contributed by atoms with Gasteiger partial charge in [0.1, 0.15) is 17.3 Å². The minimum absolute atomic E-state index is 0.0170.